The number of anilines is 1. The summed E-state index contributed by atoms with van der Waals surface area (Å²) in [6, 6.07) is 11.1. The molecule has 0 aliphatic rings. The van der Waals surface area contributed by atoms with Crippen molar-refractivity contribution in [2.45, 2.75) is 19.9 Å². The van der Waals surface area contributed by atoms with E-state index in [1.165, 1.54) is 18.2 Å². The van der Waals surface area contributed by atoms with E-state index in [1.54, 1.807) is 18.2 Å². The zero-order chi connectivity index (χ0) is 14.7. The maximum absolute atomic E-state index is 13.7. The minimum atomic E-state index is -0.443. The van der Waals surface area contributed by atoms with E-state index < -0.39 is 4.92 Å². The third-order valence-corrected chi connectivity index (χ3v) is 3.10. The highest BCUT2D eigenvalue weighted by atomic mass is 19.1. The van der Waals surface area contributed by atoms with Crippen LogP contribution in [-0.4, -0.2) is 4.92 Å². The Labute approximate surface area is 116 Å². The fourth-order valence-corrected chi connectivity index (χ4v) is 1.94. The second kappa shape index (κ2) is 5.69. The van der Waals surface area contributed by atoms with Gasteiger partial charge < -0.3 is 5.32 Å². The monoisotopic (exact) mass is 274 g/mol. The van der Waals surface area contributed by atoms with Crippen LogP contribution in [0.25, 0.3) is 0 Å². The molecule has 0 radical (unpaired) electrons. The summed E-state index contributed by atoms with van der Waals surface area (Å²) in [5, 5.41) is 13.6. The number of hydrogen-bond acceptors (Lipinski definition) is 3. The largest absolute Gasteiger partial charge is 0.376 e. The van der Waals surface area contributed by atoms with E-state index in [4.69, 9.17) is 0 Å². The van der Waals surface area contributed by atoms with Gasteiger partial charge in [-0.25, -0.2) is 4.39 Å². The lowest BCUT2D eigenvalue weighted by Crippen LogP contribution is -2.08. The normalized spacial score (nSPS) is 11.9. The van der Waals surface area contributed by atoms with Crippen LogP contribution in [0.1, 0.15) is 24.1 Å². The number of rotatable bonds is 4. The number of hydrogen-bond donors (Lipinski definition) is 1. The Hall–Kier alpha value is -2.43. The molecule has 0 saturated carbocycles. The molecule has 0 aliphatic carbocycles. The Morgan fingerprint density at radius 3 is 2.40 bits per heavy atom. The van der Waals surface area contributed by atoms with Crippen molar-refractivity contribution in [3.63, 3.8) is 0 Å². The fourth-order valence-electron chi connectivity index (χ4n) is 1.94. The summed E-state index contributed by atoms with van der Waals surface area (Å²) in [6.07, 6.45) is 0. The zero-order valence-electron chi connectivity index (χ0n) is 11.3. The van der Waals surface area contributed by atoms with E-state index in [-0.39, 0.29) is 17.5 Å². The molecule has 4 nitrogen and oxygen atoms in total. The van der Waals surface area contributed by atoms with Gasteiger partial charge in [-0.1, -0.05) is 18.2 Å². The Morgan fingerprint density at radius 2 is 1.85 bits per heavy atom. The Balaban J connectivity index is 2.15. The molecule has 2 rings (SSSR count). The maximum atomic E-state index is 13.7. The van der Waals surface area contributed by atoms with Crippen LogP contribution >= 0.6 is 0 Å². The number of aryl methyl sites for hydroxylation is 1. The van der Waals surface area contributed by atoms with Gasteiger partial charge in [-0.15, -0.1) is 0 Å². The second-order valence-electron chi connectivity index (χ2n) is 4.70. The fraction of sp³-hybridized carbons (Fsp3) is 0.200. The molecule has 104 valence electrons. The Morgan fingerprint density at radius 1 is 1.20 bits per heavy atom. The minimum absolute atomic E-state index is 0.0440. The highest BCUT2D eigenvalue weighted by Gasteiger charge is 2.10. The van der Waals surface area contributed by atoms with Gasteiger partial charge in [0.25, 0.3) is 5.69 Å². The molecule has 1 atom stereocenters. The number of nitrogens with zero attached hydrogens (tertiary/aromatic N) is 1. The standard InChI is InChI=1S/C15H15FN2O2/c1-10-3-8-15(14(16)9-10)17-11(2)12-4-6-13(7-5-12)18(19)20/h3-9,11,17H,1-2H3. The van der Waals surface area contributed by atoms with Crippen molar-refractivity contribution >= 4 is 11.4 Å². The summed E-state index contributed by atoms with van der Waals surface area (Å²) in [5.74, 6) is -0.307. The first-order chi connectivity index (χ1) is 9.47. The van der Waals surface area contributed by atoms with Gasteiger partial charge in [-0.2, -0.15) is 0 Å². The van der Waals surface area contributed by atoms with Gasteiger partial charge >= 0.3 is 0 Å². The second-order valence-corrected chi connectivity index (χ2v) is 4.70. The molecule has 2 aromatic carbocycles. The van der Waals surface area contributed by atoms with Crippen molar-refractivity contribution in [3.8, 4) is 0 Å². The molecule has 0 heterocycles. The van der Waals surface area contributed by atoms with Crippen LogP contribution in [0.15, 0.2) is 42.5 Å². The van der Waals surface area contributed by atoms with Crippen molar-refractivity contribution in [2.75, 3.05) is 5.32 Å². The van der Waals surface area contributed by atoms with Crippen LogP contribution in [-0.2, 0) is 0 Å². The molecule has 1 N–H and O–H groups in total. The molecule has 0 bridgehead atoms. The van der Waals surface area contributed by atoms with Gasteiger partial charge in [0.15, 0.2) is 0 Å². The third kappa shape index (κ3) is 3.12. The predicted octanol–water partition coefficient (Wildman–Crippen LogP) is 4.22. The molecule has 0 amide bonds. The van der Waals surface area contributed by atoms with Crippen molar-refractivity contribution in [2.24, 2.45) is 0 Å². The zero-order valence-corrected chi connectivity index (χ0v) is 11.3. The average molecular weight is 274 g/mol. The molecule has 1 unspecified atom stereocenters. The van der Waals surface area contributed by atoms with Crippen LogP contribution in [0.3, 0.4) is 0 Å². The highest BCUT2D eigenvalue weighted by Crippen LogP contribution is 2.23. The van der Waals surface area contributed by atoms with Crippen molar-refractivity contribution < 1.29 is 9.31 Å². The van der Waals surface area contributed by atoms with E-state index in [1.807, 2.05) is 19.9 Å². The lowest BCUT2D eigenvalue weighted by molar-refractivity contribution is -0.384. The van der Waals surface area contributed by atoms with E-state index in [2.05, 4.69) is 5.32 Å². The summed E-state index contributed by atoms with van der Waals surface area (Å²) >= 11 is 0. The average Bonchev–Trinajstić information content (AvgIpc) is 2.42. The Kier molecular flexibility index (Phi) is 3.98. The topological polar surface area (TPSA) is 55.2 Å². The third-order valence-electron chi connectivity index (χ3n) is 3.10. The lowest BCUT2D eigenvalue weighted by Gasteiger charge is -2.16. The number of halogens is 1. The summed E-state index contributed by atoms with van der Waals surface area (Å²) in [4.78, 5) is 10.1. The first-order valence-corrected chi connectivity index (χ1v) is 6.24. The number of nitrogens with one attached hydrogen (secondary N) is 1. The first kappa shape index (κ1) is 14.0. The molecule has 0 saturated heterocycles. The van der Waals surface area contributed by atoms with Crippen LogP contribution < -0.4 is 5.32 Å². The molecular weight excluding hydrogens is 259 g/mol. The minimum Gasteiger partial charge on any atom is -0.376 e. The molecular formula is C15H15FN2O2. The molecule has 5 heteroatoms. The molecule has 0 aromatic heterocycles. The van der Waals surface area contributed by atoms with Crippen LogP contribution in [0.4, 0.5) is 15.8 Å². The number of nitro benzene ring substituents is 1. The smallest absolute Gasteiger partial charge is 0.269 e. The van der Waals surface area contributed by atoms with Crippen LogP contribution in [0.5, 0.6) is 0 Å². The quantitative estimate of drug-likeness (QED) is 0.671. The van der Waals surface area contributed by atoms with Crippen molar-refractivity contribution in [1.29, 1.82) is 0 Å². The molecule has 20 heavy (non-hydrogen) atoms. The predicted molar refractivity (Wildman–Crippen MR) is 76.3 cm³/mol. The molecule has 2 aromatic rings. The van der Waals surface area contributed by atoms with Crippen molar-refractivity contribution in [3.05, 3.63) is 69.5 Å². The number of nitro groups is 1. The highest BCUT2D eigenvalue weighted by molar-refractivity contribution is 5.48. The van der Waals surface area contributed by atoms with Crippen LogP contribution in [0, 0.1) is 22.9 Å². The van der Waals surface area contributed by atoms with E-state index in [0.717, 1.165) is 11.1 Å². The van der Waals surface area contributed by atoms with Crippen LogP contribution in [0.2, 0.25) is 0 Å². The summed E-state index contributed by atoms with van der Waals surface area (Å²) < 4.78 is 13.7. The SMILES string of the molecule is Cc1ccc(NC(C)c2ccc([N+](=O)[O-])cc2)c(F)c1. The molecule has 0 aliphatic heterocycles. The lowest BCUT2D eigenvalue weighted by atomic mass is 10.1. The number of benzene rings is 2. The summed E-state index contributed by atoms with van der Waals surface area (Å²) in [6.45, 7) is 3.70. The van der Waals surface area contributed by atoms with E-state index in [0.29, 0.717) is 5.69 Å². The Bertz CT molecular complexity index is 626. The van der Waals surface area contributed by atoms with Gasteiger partial charge in [-0.05, 0) is 37.1 Å². The van der Waals surface area contributed by atoms with Gasteiger partial charge in [0, 0.05) is 18.2 Å². The van der Waals surface area contributed by atoms with E-state index >= 15 is 0 Å². The number of non-ortho nitro benzene ring substituents is 1. The molecule has 0 fully saturated rings. The first-order valence-electron chi connectivity index (χ1n) is 6.24. The summed E-state index contributed by atoms with van der Waals surface area (Å²) in [7, 11) is 0. The van der Waals surface area contributed by atoms with Gasteiger partial charge in [0.1, 0.15) is 5.82 Å². The molecule has 0 spiro atoms. The van der Waals surface area contributed by atoms with Gasteiger partial charge in [-0.3, -0.25) is 10.1 Å². The maximum Gasteiger partial charge on any atom is 0.269 e. The van der Waals surface area contributed by atoms with Gasteiger partial charge in [0.2, 0.25) is 0 Å². The van der Waals surface area contributed by atoms with Crippen molar-refractivity contribution in [1.82, 2.24) is 0 Å². The van der Waals surface area contributed by atoms with Gasteiger partial charge in [0.05, 0.1) is 10.6 Å². The van der Waals surface area contributed by atoms with E-state index in [9.17, 15) is 14.5 Å². The summed E-state index contributed by atoms with van der Waals surface area (Å²) in [5.41, 5.74) is 2.18.